The Bertz CT molecular complexity index is 1060. The number of hydrogen-bond donors (Lipinski definition) is 0. The van der Waals surface area contributed by atoms with Gasteiger partial charge in [-0.2, -0.15) is 0 Å². The molecule has 0 unspecified atom stereocenters. The topological polar surface area (TPSA) is 41.5 Å². The summed E-state index contributed by atoms with van der Waals surface area (Å²) in [4.78, 5) is 17.5. The van der Waals surface area contributed by atoms with E-state index in [2.05, 4.69) is 35.9 Å². The molecule has 0 radical (unpaired) electrons. The summed E-state index contributed by atoms with van der Waals surface area (Å²) in [5.41, 5.74) is 2.71. The summed E-state index contributed by atoms with van der Waals surface area (Å²) < 4.78 is 5.51. The molecule has 1 fully saturated rings. The summed E-state index contributed by atoms with van der Waals surface area (Å²) in [6.45, 7) is 7.39. The fraction of sp³-hybridized carbons (Fsp3) is 0.500. The van der Waals surface area contributed by atoms with Crippen molar-refractivity contribution in [1.29, 1.82) is 0 Å². The summed E-state index contributed by atoms with van der Waals surface area (Å²) in [7, 11) is 2.14. The molecule has 1 aliphatic carbocycles. The van der Waals surface area contributed by atoms with Crippen molar-refractivity contribution in [3.63, 3.8) is 0 Å². The van der Waals surface area contributed by atoms with E-state index in [9.17, 15) is 0 Å². The van der Waals surface area contributed by atoms with E-state index in [1.165, 1.54) is 27.8 Å². The molecule has 0 bridgehead atoms. The fourth-order valence-electron chi connectivity index (χ4n) is 4.61. The van der Waals surface area contributed by atoms with Crippen molar-refractivity contribution < 1.29 is 4.74 Å². The number of aromatic nitrogens is 2. The SMILES string of the molecule is C[C@@H]1CCc2c(sc3nc(CN4CCOCC4)nc(N(C)Cc4ccc(Cl)cc4)c23)C1. The zero-order valence-corrected chi connectivity index (χ0v) is 19.8. The Balaban J connectivity index is 1.53. The van der Waals surface area contributed by atoms with Crippen molar-refractivity contribution in [3.8, 4) is 0 Å². The molecule has 0 saturated carbocycles. The van der Waals surface area contributed by atoms with E-state index < -0.39 is 0 Å². The van der Waals surface area contributed by atoms with Gasteiger partial charge in [0.05, 0.1) is 25.1 Å². The summed E-state index contributed by atoms with van der Waals surface area (Å²) in [5, 5.41) is 2.04. The number of halogens is 1. The second-order valence-corrected chi connectivity index (χ2v) is 10.4. The van der Waals surface area contributed by atoms with Gasteiger partial charge in [0.15, 0.2) is 0 Å². The lowest BCUT2D eigenvalue weighted by molar-refractivity contribution is 0.0331. The average molecular weight is 457 g/mol. The minimum absolute atomic E-state index is 0.747. The molecular weight excluding hydrogens is 428 g/mol. The van der Waals surface area contributed by atoms with E-state index in [4.69, 9.17) is 26.3 Å². The quantitative estimate of drug-likeness (QED) is 0.544. The molecule has 1 atom stereocenters. The van der Waals surface area contributed by atoms with Crippen molar-refractivity contribution in [2.75, 3.05) is 38.3 Å². The van der Waals surface area contributed by atoms with Gasteiger partial charge < -0.3 is 9.64 Å². The number of anilines is 1. The third-order valence-corrected chi connectivity index (χ3v) is 7.75. The fourth-order valence-corrected chi connectivity index (χ4v) is 6.13. The van der Waals surface area contributed by atoms with E-state index in [1.54, 1.807) is 0 Å². The molecule has 1 saturated heterocycles. The molecule has 5 rings (SSSR count). The van der Waals surface area contributed by atoms with Crippen LogP contribution < -0.4 is 4.90 Å². The Morgan fingerprint density at radius 2 is 1.97 bits per heavy atom. The molecule has 31 heavy (non-hydrogen) atoms. The summed E-state index contributed by atoms with van der Waals surface area (Å²) in [6.07, 6.45) is 3.54. The number of fused-ring (bicyclic) bond motifs is 3. The molecule has 1 aromatic carbocycles. The highest BCUT2D eigenvalue weighted by molar-refractivity contribution is 7.19. The highest BCUT2D eigenvalue weighted by Gasteiger charge is 2.26. The largest absolute Gasteiger partial charge is 0.379 e. The molecule has 1 aliphatic heterocycles. The van der Waals surface area contributed by atoms with Gasteiger partial charge in [-0.25, -0.2) is 9.97 Å². The Kier molecular flexibility index (Phi) is 6.15. The van der Waals surface area contributed by atoms with Gasteiger partial charge in [-0.1, -0.05) is 30.7 Å². The zero-order valence-electron chi connectivity index (χ0n) is 18.2. The summed E-state index contributed by atoms with van der Waals surface area (Å²) in [5.74, 6) is 2.73. The first-order chi connectivity index (χ1) is 15.1. The molecule has 0 N–H and O–H groups in total. The van der Waals surface area contributed by atoms with Crippen LogP contribution in [0.4, 0.5) is 5.82 Å². The molecule has 7 heteroatoms. The molecule has 0 spiro atoms. The van der Waals surface area contributed by atoms with E-state index in [0.29, 0.717) is 0 Å². The third-order valence-electron chi connectivity index (χ3n) is 6.35. The van der Waals surface area contributed by atoms with Crippen molar-refractivity contribution in [3.05, 3.63) is 51.1 Å². The molecule has 164 valence electrons. The Morgan fingerprint density at radius 1 is 1.19 bits per heavy atom. The lowest BCUT2D eigenvalue weighted by Gasteiger charge is -2.26. The predicted octanol–water partition coefficient (Wildman–Crippen LogP) is 4.94. The van der Waals surface area contributed by atoms with Crippen LogP contribution in [0, 0.1) is 5.92 Å². The maximum Gasteiger partial charge on any atom is 0.146 e. The minimum Gasteiger partial charge on any atom is -0.379 e. The van der Waals surface area contributed by atoms with Crippen LogP contribution in [0.15, 0.2) is 24.3 Å². The van der Waals surface area contributed by atoms with Gasteiger partial charge in [-0.05, 0) is 48.4 Å². The molecule has 3 aromatic rings. The first kappa shape index (κ1) is 21.1. The molecule has 2 aromatic heterocycles. The lowest BCUT2D eigenvalue weighted by atomic mass is 9.89. The minimum atomic E-state index is 0.747. The number of aryl methyl sites for hydroxylation is 1. The van der Waals surface area contributed by atoms with Gasteiger partial charge in [-0.3, -0.25) is 4.90 Å². The Morgan fingerprint density at radius 3 is 2.74 bits per heavy atom. The van der Waals surface area contributed by atoms with Crippen molar-refractivity contribution in [1.82, 2.24) is 14.9 Å². The summed E-state index contributed by atoms with van der Waals surface area (Å²) >= 11 is 7.97. The van der Waals surface area contributed by atoms with Gasteiger partial charge in [0, 0.05) is 36.6 Å². The second kappa shape index (κ2) is 9.02. The summed E-state index contributed by atoms with van der Waals surface area (Å²) in [6, 6.07) is 8.10. The number of hydrogen-bond acceptors (Lipinski definition) is 6. The normalized spacial score (nSPS) is 19.5. The number of thiophene rings is 1. The highest BCUT2D eigenvalue weighted by Crippen LogP contribution is 2.41. The molecule has 0 amide bonds. The van der Waals surface area contributed by atoms with Crippen LogP contribution in [0.1, 0.15) is 35.2 Å². The van der Waals surface area contributed by atoms with Gasteiger partial charge in [0.25, 0.3) is 0 Å². The smallest absolute Gasteiger partial charge is 0.146 e. The number of ether oxygens (including phenoxy) is 1. The van der Waals surface area contributed by atoms with Crippen LogP contribution in [-0.2, 0) is 30.7 Å². The lowest BCUT2D eigenvalue weighted by Crippen LogP contribution is -2.36. The van der Waals surface area contributed by atoms with Crippen LogP contribution in [-0.4, -0.2) is 48.2 Å². The van der Waals surface area contributed by atoms with E-state index in [0.717, 1.165) is 79.6 Å². The van der Waals surface area contributed by atoms with Crippen LogP contribution >= 0.6 is 22.9 Å². The highest BCUT2D eigenvalue weighted by atomic mass is 35.5. The Labute approximate surface area is 193 Å². The van der Waals surface area contributed by atoms with E-state index in [-0.39, 0.29) is 0 Å². The monoisotopic (exact) mass is 456 g/mol. The van der Waals surface area contributed by atoms with Crippen molar-refractivity contribution >= 4 is 39.0 Å². The maximum absolute atomic E-state index is 6.09. The van der Waals surface area contributed by atoms with Crippen LogP contribution in [0.3, 0.4) is 0 Å². The first-order valence-corrected chi connectivity index (χ1v) is 12.3. The molecular formula is C24H29ClN4OS. The molecule has 3 heterocycles. The van der Waals surface area contributed by atoms with Crippen molar-refractivity contribution in [2.24, 2.45) is 5.92 Å². The van der Waals surface area contributed by atoms with Gasteiger partial charge in [-0.15, -0.1) is 11.3 Å². The van der Waals surface area contributed by atoms with Gasteiger partial charge >= 0.3 is 0 Å². The first-order valence-electron chi connectivity index (χ1n) is 11.1. The van der Waals surface area contributed by atoms with Crippen molar-refractivity contribution in [2.45, 2.75) is 39.3 Å². The predicted molar refractivity (Wildman–Crippen MR) is 128 cm³/mol. The van der Waals surface area contributed by atoms with Gasteiger partial charge in [0.2, 0.25) is 0 Å². The zero-order chi connectivity index (χ0) is 21.4. The molecule has 5 nitrogen and oxygen atoms in total. The Hall–Kier alpha value is -1.73. The van der Waals surface area contributed by atoms with Crippen LogP contribution in [0.5, 0.6) is 0 Å². The number of benzene rings is 1. The maximum atomic E-state index is 6.09. The standard InChI is InChI=1S/C24H29ClN4OS/c1-16-3-8-19-20(13-16)31-24-22(19)23(28(2)14-17-4-6-18(25)7-5-17)26-21(27-24)15-29-9-11-30-12-10-29/h4-7,16H,3,8-15H2,1-2H3/t16-/m1/s1. The third kappa shape index (κ3) is 4.58. The second-order valence-electron chi connectivity index (χ2n) is 8.87. The number of rotatable bonds is 5. The number of nitrogens with zero attached hydrogens (tertiary/aromatic N) is 4. The van der Waals surface area contributed by atoms with Gasteiger partial charge in [0.1, 0.15) is 16.5 Å². The average Bonchev–Trinajstić information content (AvgIpc) is 3.12. The van der Waals surface area contributed by atoms with E-state index in [1.807, 2.05) is 23.5 Å². The molecule has 2 aliphatic rings. The van der Waals surface area contributed by atoms with Crippen LogP contribution in [0.25, 0.3) is 10.2 Å². The van der Waals surface area contributed by atoms with E-state index >= 15 is 0 Å². The number of morpholine rings is 1. The van der Waals surface area contributed by atoms with Crippen LogP contribution in [0.2, 0.25) is 5.02 Å².